The zero-order valence-electron chi connectivity index (χ0n) is 8.90. The predicted octanol–water partition coefficient (Wildman–Crippen LogP) is 2.09. The Kier molecular flexibility index (Phi) is 5.37. The van der Waals surface area contributed by atoms with E-state index in [0.717, 1.165) is 4.47 Å². The molecule has 0 fully saturated rings. The van der Waals surface area contributed by atoms with E-state index in [9.17, 15) is 10.1 Å². The number of halogens is 1. The largest absolute Gasteiger partial charge is 0.383 e. The topological polar surface area (TPSA) is 64.4 Å². The van der Waals surface area contributed by atoms with Gasteiger partial charge in [-0.25, -0.2) is 0 Å². The summed E-state index contributed by atoms with van der Waals surface area (Å²) in [6.07, 6.45) is 0. The molecule has 0 amide bonds. The van der Waals surface area contributed by atoms with Crippen LogP contribution in [0.2, 0.25) is 0 Å². The summed E-state index contributed by atoms with van der Waals surface area (Å²) < 4.78 is 5.71. The Balaban J connectivity index is 2.68. The third-order valence-electron chi connectivity index (χ3n) is 2.04. The van der Waals surface area contributed by atoms with Gasteiger partial charge in [0.15, 0.2) is 0 Å². The van der Waals surface area contributed by atoms with Gasteiger partial charge in [-0.3, -0.25) is 10.1 Å². The molecule has 0 aliphatic heterocycles. The minimum atomic E-state index is -0.375. The van der Waals surface area contributed by atoms with Crippen molar-refractivity contribution in [3.63, 3.8) is 0 Å². The highest BCUT2D eigenvalue weighted by molar-refractivity contribution is 9.10. The van der Waals surface area contributed by atoms with E-state index >= 15 is 0 Å². The third-order valence-corrected chi connectivity index (χ3v) is 2.53. The van der Waals surface area contributed by atoms with Crippen LogP contribution >= 0.6 is 15.9 Å². The molecule has 1 N–H and O–H groups in total. The molecule has 0 saturated heterocycles. The van der Waals surface area contributed by atoms with Gasteiger partial charge in [-0.1, -0.05) is 15.9 Å². The monoisotopic (exact) mass is 288 g/mol. The molecule has 0 radical (unpaired) electrons. The zero-order valence-corrected chi connectivity index (χ0v) is 10.5. The van der Waals surface area contributed by atoms with E-state index in [-0.39, 0.29) is 10.6 Å². The van der Waals surface area contributed by atoms with Gasteiger partial charge in [0.25, 0.3) is 5.69 Å². The lowest BCUT2D eigenvalue weighted by Gasteiger charge is -2.05. The van der Waals surface area contributed by atoms with E-state index in [0.29, 0.717) is 25.3 Å². The minimum absolute atomic E-state index is 0.133. The number of ether oxygens (including phenoxy) is 1. The summed E-state index contributed by atoms with van der Waals surface area (Å²) in [6.45, 7) is 1.71. The highest BCUT2D eigenvalue weighted by Gasteiger charge is 2.12. The van der Waals surface area contributed by atoms with Crippen LogP contribution < -0.4 is 5.32 Å². The quantitative estimate of drug-likeness (QED) is 0.495. The summed E-state index contributed by atoms with van der Waals surface area (Å²) >= 11 is 3.29. The second-order valence-corrected chi connectivity index (χ2v) is 4.12. The summed E-state index contributed by atoms with van der Waals surface area (Å²) in [4.78, 5) is 10.4. The fraction of sp³-hybridized carbons (Fsp3) is 0.400. The van der Waals surface area contributed by atoms with E-state index in [2.05, 4.69) is 21.2 Å². The molecular weight excluding hydrogens is 276 g/mol. The fourth-order valence-corrected chi connectivity index (χ4v) is 1.68. The molecule has 16 heavy (non-hydrogen) atoms. The molecule has 0 saturated carbocycles. The van der Waals surface area contributed by atoms with E-state index in [1.807, 2.05) is 0 Å². The van der Waals surface area contributed by atoms with Crippen molar-refractivity contribution in [2.24, 2.45) is 0 Å². The van der Waals surface area contributed by atoms with Gasteiger partial charge in [-0.2, -0.15) is 0 Å². The first-order valence-electron chi connectivity index (χ1n) is 4.77. The molecule has 1 aromatic rings. The van der Waals surface area contributed by atoms with E-state index in [1.54, 1.807) is 19.2 Å². The van der Waals surface area contributed by atoms with Crippen LogP contribution in [-0.2, 0) is 11.3 Å². The van der Waals surface area contributed by atoms with Crippen molar-refractivity contribution < 1.29 is 9.66 Å². The summed E-state index contributed by atoms with van der Waals surface area (Å²) in [5.41, 5.74) is 0.795. The first-order chi connectivity index (χ1) is 7.65. The molecule has 6 heteroatoms. The number of benzene rings is 1. The number of hydrogen-bond acceptors (Lipinski definition) is 4. The molecular formula is C10H13BrN2O3. The molecule has 0 bridgehead atoms. The summed E-state index contributed by atoms with van der Waals surface area (Å²) in [5, 5.41) is 13.8. The number of nitro benzene ring substituents is 1. The first kappa shape index (κ1) is 13.1. The van der Waals surface area contributed by atoms with Gasteiger partial charge in [-0.15, -0.1) is 0 Å². The Labute approximate surface area is 102 Å². The minimum Gasteiger partial charge on any atom is -0.383 e. The first-order valence-corrected chi connectivity index (χ1v) is 5.57. The second kappa shape index (κ2) is 6.57. The van der Waals surface area contributed by atoms with Gasteiger partial charge < -0.3 is 10.1 Å². The highest BCUT2D eigenvalue weighted by atomic mass is 79.9. The maximum Gasteiger partial charge on any atom is 0.273 e. The molecule has 1 rings (SSSR count). The molecule has 5 nitrogen and oxygen atoms in total. The summed E-state index contributed by atoms with van der Waals surface area (Å²) in [7, 11) is 1.61. The average Bonchev–Trinajstić information content (AvgIpc) is 2.24. The Morgan fingerprint density at radius 1 is 1.56 bits per heavy atom. The number of hydrogen-bond donors (Lipinski definition) is 1. The molecule has 0 aromatic heterocycles. The number of nitro groups is 1. The van der Waals surface area contributed by atoms with Crippen molar-refractivity contribution in [3.05, 3.63) is 38.3 Å². The normalized spacial score (nSPS) is 10.4. The number of nitrogens with zero attached hydrogens (tertiary/aromatic N) is 1. The van der Waals surface area contributed by atoms with Gasteiger partial charge in [0.05, 0.1) is 11.5 Å². The van der Waals surface area contributed by atoms with Crippen LogP contribution in [0.3, 0.4) is 0 Å². The Hall–Kier alpha value is -0.980. The van der Waals surface area contributed by atoms with Gasteiger partial charge in [-0.05, 0) is 12.1 Å². The molecule has 1 aromatic carbocycles. The summed E-state index contributed by atoms with van der Waals surface area (Å²) in [6, 6.07) is 4.91. The van der Waals surface area contributed by atoms with Gasteiger partial charge in [0.2, 0.25) is 0 Å². The molecule has 0 unspecified atom stereocenters. The second-order valence-electron chi connectivity index (χ2n) is 3.20. The average molecular weight is 289 g/mol. The maximum atomic E-state index is 10.8. The molecule has 0 spiro atoms. The van der Waals surface area contributed by atoms with Gasteiger partial charge >= 0.3 is 0 Å². The number of methoxy groups -OCH3 is 1. The molecule has 88 valence electrons. The Bertz CT molecular complexity index is 371. The van der Waals surface area contributed by atoms with Crippen LogP contribution in [0.4, 0.5) is 5.69 Å². The number of nitrogens with one attached hydrogen (secondary N) is 1. The van der Waals surface area contributed by atoms with E-state index in [1.165, 1.54) is 6.07 Å². The SMILES string of the molecule is COCCNCc1cc(Br)ccc1[N+](=O)[O-]. The van der Waals surface area contributed by atoms with Crippen LogP contribution in [-0.4, -0.2) is 25.2 Å². The van der Waals surface area contributed by atoms with Gasteiger partial charge in [0.1, 0.15) is 0 Å². The standard InChI is InChI=1S/C10H13BrN2O3/c1-16-5-4-12-7-8-6-9(11)2-3-10(8)13(14)15/h2-3,6,12H,4-5,7H2,1H3. The van der Waals surface area contributed by atoms with E-state index in [4.69, 9.17) is 4.74 Å². The van der Waals surface area contributed by atoms with Crippen molar-refractivity contribution in [2.75, 3.05) is 20.3 Å². The third kappa shape index (κ3) is 3.88. The van der Waals surface area contributed by atoms with Crippen molar-refractivity contribution in [1.29, 1.82) is 0 Å². The van der Waals surface area contributed by atoms with Crippen LogP contribution in [0, 0.1) is 10.1 Å². The molecule has 0 heterocycles. The molecule has 0 aliphatic carbocycles. The molecule has 0 atom stereocenters. The Morgan fingerprint density at radius 3 is 2.94 bits per heavy atom. The number of rotatable bonds is 6. The van der Waals surface area contributed by atoms with Crippen LogP contribution in [0.5, 0.6) is 0 Å². The summed E-state index contributed by atoms with van der Waals surface area (Å²) in [5.74, 6) is 0. The highest BCUT2D eigenvalue weighted by Crippen LogP contribution is 2.22. The van der Waals surface area contributed by atoms with Crippen LogP contribution in [0.25, 0.3) is 0 Å². The van der Waals surface area contributed by atoms with Crippen molar-refractivity contribution in [3.8, 4) is 0 Å². The lowest BCUT2D eigenvalue weighted by atomic mass is 10.2. The smallest absolute Gasteiger partial charge is 0.273 e. The van der Waals surface area contributed by atoms with Crippen molar-refractivity contribution in [1.82, 2.24) is 5.32 Å². The lowest BCUT2D eigenvalue weighted by molar-refractivity contribution is -0.385. The van der Waals surface area contributed by atoms with Crippen molar-refractivity contribution in [2.45, 2.75) is 6.54 Å². The fourth-order valence-electron chi connectivity index (χ4n) is 1.27. The van der Waals surface area contributed by atoms with Crippen LogP contribution in [0.1, 0.15) is 5.56 Å². The maximum absolute atomic E-state index is 10.8. The van der Waals surface area contributed by atoms with Crippen LogP contribution in [0.15, 0.2) is 22.7 Å². The Morgan fingerprint density at radius 2 is 2.31 bits per heavy atom. The lowest BCUT2D eigenvalue weighted by Crippen LogP contribution is -2.19. The van der Waals surface area contributed by atoms with Gasteiger partial charge in [0, 0.05) is 36.3 Å². The predicted molar refractivity (Wildman–Crippen MR) is 64.4 cm³/mol. The zero-order chi connectivity index (χ0) is 12.0. The van der Waals surface area contributed by atoms with E-state index < -0.39 is 0 Å². The molecule has 0 aliphatic rings. The van der Waals surface area contributed by atoms with Crippen molar-refractivity contribution >= 4 is 21.6 Å².